The molecule has 6 aliphatic heterocycles. The second-order valence-corrected chi connectivity index (χ2v) is 34.5. The van der Waals surface area contributed by atoms with E-state index in [1.807, 2.05) is 91.0 Å². The highest BCUT2D eigenvalue weighted by atomic mass is 35.5. The number of halogens is 3. The Hall–Kier alpha value is -10.6. The van der Waals surface area contributed by atoms with Crippen LogP contribution in [0.1, 0.15) is 156 Å². The topological polar surface area (TPSA) is 342 Å². The van der Waals surface area contributed by atoms with Gasteiger partial charge in [0.05, 0.1) is 89.9 Å². The highest BCUT2D eigenvalue weighted by Gasteiger charge is 2.45. The number of ether oxygens (including phenoxy) is 6. The van der Waals surface area contributed by atoms with E-state index >= 15 is 0 Å². The first-order chi connectivity index (χ1) is 59.7. The van der Waals surface area contributed by atoms with Crippen LogP contribution >= 0.6 is 34.8 Å². The zero-order valence-corrected chi connectivity index (χ0v) is 71.2. The highest BCUT2D eigenvalue weighted by Crippen LogP contribution is 2.44. The molecule has 123 heavy (non-hydrogen) atoms. The van der Waals surface area contributed by atoms with Crippen LogP contribution in [0.25, 0.3) is 33.8 Å². The lowest BCUT2D eigenvalue weighted by Gasteiger charge is -2.30. The Morgan fingerprint density at radius 1 is 0.407 bits per heavy atom. The third kappa shape index (κ3) is 18.5. The fourth-order valence-electron chi connectivity index (χ4n) is 18.6. The maximum absolute atomic E-state index is 13.4. The summed E-state index contributed by atoms with van der Waals surface area (Å²) in [5.41, 5.74) is 11.1. The van der Waals surface area contributed by atoms with Gasteiger partial charge in [0, 0.05) is 131 Å². The quantitative estimate of drug-likeness (QED) is 0.0327. The maximum Gasteiger partial charge on any atom is 0.254 e. The van der Waals surface area contributed by atoms with Gasteiger partial charge < -0.3 is 74.4 Å². The molecule has 0 spiro atoms. The summed E-state index contributed by atoms with van der Waals surface area (Å²) in [6.07, 6.45) is 17.0. The second kappa shape index (κ2) is 37.5. The highest BCUT2D eigenvalue weighted by molar-refractivity contribution is 6.33. The summed E-state index contributed by atoms with van der Waals surface area (Å²) in [6.45, 7) is 4.45. The lowest BCUT2D eigenvalue weighted by molar-refractivity contribution is -0.125. The van der Waals surface area contributed by atoms with Crippen LogP contribution in [-0.2, 0) is 103 Å². The molecular weight excluding hydrogens is 1630 g/mol. The number of nitrogens with zero attached hydrogens (tertiary/aromatic N) is 9. The van der Waals surface area contributed by atoms with E-state index in [0.29, 0.717) is 123 Å². The minimum absolute atomic E-state index is 0.118. The Morgan fingerprint density at radius 3 is 0.935 bits per heavy atom. The van der Waals surface area contributed by atoms with E-state index in [-0.39, 0.29) is 74.9 Å². The van der Waals surface area contributed by atoms with Crippen LogP contribution in [0.3, 0.4) is 0 Å². The summed E-state index contributed by atoms with van der Waals surface area (Å²) in [6, 6.07) is 33.9. The normalized spacial score (nSPS) is 20.2. The number of hydrogen-bond donors (Lipinski definition) is 6. The van der Waals surface area contributed by atoms with Crippen LogP contribution in [0.4, 0.5) is 0 Å². The van der Waals surface area contributed by atoms with E-state index < -0.39 is 16.6 Å². The third-order valence-corrected chi connectivity index (χ3v) is 26.3. The zero-order chi connectivity index (χ0) is 85.7. The molecule has 1 unspecified atom stereocenters. The summed E-state index contributed by atoms with van der Waals surface area (Å²) in [4.78, 5) is 112. The molecule has 6 aromatic carbocycles. The number of aryl methyl sites for hydroxylation is 3. The van der Waals surface area contributed by atoms with E-state index in [1.54, 1.807) is 58.1 Å². The average molecular weight is 1730 g/mol. The molecule has 3 aromatic heterocycles. The van der Waals surface area contributed by atoms with Crippen LogP contribution in [0.2, 0.25) is 15.1 Å². The molecule has 6 N–H and O–H groups in total. The molecule has 642 valence electrons. The van der Waals surface area contributed by atoms with Crippen LogP contribution < -0.4 is 30.2 Å². The van der Waals surface area contributed by atoms with Crippen molar-refractivity contribution >= 4 is 70.2 Å². The molecule has 0 saturated carbocycles. The summed E-state index contributed by atoms with van der Waals surface area (Å²) in [5.74, 6) is 3.95. The van der Waals surface area contributed by atoms with Crippen LogP contribution in [0, 0.1) is 17.8 Å². The van der Waals surface area contributed by atoms with Gasteiger partial charge in [-0.2, -0.15) is 0 Å². The Morgan fingerprint density at radius 2 is 0.675 bits per heavy atom. The van der Waals surface area contributed by atoms with Crippen molar-refractivity contribution in [2.45, 2.75) is 133 Å². The molecule has 0 radical (unpaired) electrons. The molecule has 30 heteroatoms. The van der Waals surface area contributed by atoms with E-state index in [0.717, 1.165) is 201 Å². The predicted molar refractivity (Wildman–Crippen MR) is 458 cm³/mol. The van der Waals surface area contributed by atoms with Gasteiger partial charge in [0.1, 0.15) is 54.4 Å². The first-order valence-corrected chi connectivity index (χ1v) is 43.1. The number of hydrogen-bond acceptors (Lipinski definition) is 21. The van der Waals surface area contributed by atoms with Gasteiger partial charge in [0.15, 0.2) is 0 Å². The molecule has 9 heterocycles. The summed E-state index contributed by atoms with van der Waals surface area (Å²) in [5, 5.41) is 41.4. The molecule has 3 atom stereocenters. The fraction of sp³-hybridized carbons (Fsp3) is 0.419. The minimum Gasteiger partial charge on any atom is -0.497 e. The van der Waals surface area contributed by atoms with E-state index in [2.05, 4.69) is 30.9 Å². The lowest BCUT2D eigenvalue weighted by Crippen LogP contribution is -2.50. The number of nitrogens with one attached hydrogen (secondary N) is 3. The van der Waals surface area contributed by atoms with Crippen molar-refractivity contribution in [3.05, 3.63) is 227 Å². The van der Waals surface area contributed by atoms with Crippen molar-refractivity contribution in [3.63, 3.8) is 0 Å². The monoisotopic (exact) mass is 1730 g/mol. The Balaban J connectivity index is 0.000000137. The lowest BCUT2D eigenvalue weighted by atomic mass is 9.92. The minimum atomic E-state index is -0.907. The molecule has 9 aromatic rings. The number of benzene rings is 6. The van der Waals surface area contributed by atoms with Crippen molar-refractivity contribution < 1.29 is 72.5 Å². The van der Waals surface area contributed by atoms with Crippen molar-refractivity contribution in [1.82, 2.24) is 60.6 Å². The Bertz CT molecular complexity index is 5000. The van der Waals surface area contributed by atoms with Gasteiger partial charge in [-0.05, 0) is 199 Å². The number of aromatic nitrogens is 6. The predicted octanol–water partition coefficient (Wildman–Crippen LogP) is 11.0. The van der Waals surface area contributed by atoms with E-state index in [9.17, 15) is 44.1 Å². The van der Waals surface area contributed by atoms with Gasteiger partial charge in [-0.25, -0.2) is 29.9 Å². The Labute approximate surface area is 727 Å². The number of methoxy groups -OCH3 is 3. The largest absolute Gasteiger partial charge is 0.497 e. The first kappa shape index (κ1) is 86.0. The van der Waals surface area contributed by atoms with Gasteiger partial charge in [-0.15, -0.1) is 0 Å². The number of amides is 6. The molecule has 9 aliphatic rings. The van der Waals surface area contributed by atoms with Crippen molar-refractivity contribution in [2.24, 2.45) is 17.8 Å². The molecular formula is C93H99Cl3N12O15. The summed E-state index contributed by atoms with van der Waals surface area (Å²) in [7, 11) is 4.76. The van der Waals surface area contributed by atoms with E-state index in [1.165, 1.54) is 14.7 Å². The smallest absolute Gasteiger partial charge is 0.254 e. The Kier molecular flexibility index (Phi) is 26.2. The van der Waals surface area contributed by atoms with Gasteiger partial charge in [0.25, 0.3) is 17.7 Å². The third-order valence-electron chi connectivity index (χ3n) is 25.5. The van der Waals surface area contributed by atoms with Crippen LogP contribution in [0.5, 0.6) is 17.2 Å². The molecule has 3 fully saturated rings. The number of fused-ring (bicyclic) bond motifs is 6. The number of aliphatic hydroxyl groups excluding tert-OH is 3. The van der Waals surface area contributed by atoms with Crippen molar-refractivity contribution in [2.75, 3.05) is 100 Å². The van der Waals surface area contributed by atoms with Crippen LogP contribution in [-0.4, -0.2) is 196 Å². The van der Waals surface area contributed by atoms with Gasteiger partial charge in [-0.1, -0.05) is 89.4 Å². The number of aliphatic hydroxyl groups is 3. The van der Waals surface area contributed by atoms with Crippen LogP contribution in [0.15, 0.2) is 128 Å². The standard InChI is InChI=1S/3C31H33ClN4O5/c3*1-40-23-5-4-20-6-9-31(18-37,25(20)14-23)35-28(38)17-36-16-22-3-2-21(13-24(22)30(36)39)29-26(32)15-33-27(34-29)12-19-7-10-41-11-8-19/h3*2-5,13-15,19,37H,6-12,16-18H2,1H3,(H,35,38)/t2*31-;/m10./s1. The molecule has 3 aliphatic carbocycles. The van der Waals surface area contributed by atoms with Gasteiger partial charge in [0.2, 0.25) is 17.7 Å². The molecule has 18 rings (SSSR count). The molecule has 3 saturated heterocycles. The van der Waals surface area contributed by atoms with Gasteiger partial charge >= 0.3 is 0 Å². The first-order valence-electron chi connectivity index (χ1n) is 42.0. The van der Waals surface area contributed by atoms with Crippen molar-refractivity contribution in [1.29, 1.82) is 0 Å². The average Bonchev–Trinajstić information content (AvgIpc) is 1.63. The summed E-state index contributed by atoms with van der Waals surface area (Å²) < 4.78 is 32.5. The van der Waals surface area contributed by atoms with Crippen molar-refractivity contribution in [3.8, 4) is 51.0 Å². The SMILES string of the molecule is COc1ccc2c(c1)C(CO)(NC(=O)CN1Cc3ccc(-c4nc(CC5CCOCC5)ncc4Cl)cc3C1=O)CC2.COc1ccc2c(c1)[C@@](CO)(NC(=O)CN1Cc3ccc(-c4nc(CC5CCOCC5)ncc4Cl)cc3C1=O)CC2.COc1ccc2c(c1)[C@](CO)(NC(=O)CN1Cc3ccc(-c4nc(CC5CCOCC5)ncc4Cl)cc3C1=O)CC2. The molecule has 0 bridgehead atoms. The maximum atomic E-state index is 13.4. The summed E-state index contributed by atoms with van der Waals surface area (Å²) >= 11 is 19.5. The second-order valence-electron chi connectivity index (χ2n) is 33.3. The molecule has 6 amide bonds. The van der Waals surface area contributed by atoms with E-state index in [4.69, 9.17) is 78.2 Å². The number of carbonyl (C=O) groups excluding carboxylic acids is 6. The number of rotatable bonds is 24. The molecule has 27 nitrogen and oxygen atoms in total. The van der Waals surface area contributed by atoms with Gasteiger partial charge in [-0.3, -0.25) is 28.8 Å². The zero-order valence-electron chi connectivity index (χ0n) is 69.0. The number of carbonyl (C=O) groups is 6. The fourth-order valence-corrected chi connectivity index (χ4v) is 19.2.